The zero-order valence-electron chi connectivity index (χ0n) is 11.3. The van der Waals surface area contributed by atoms with Gasteiger partial charge in [-0.05, 0) is 43.8 Å². The molecule has 2 aromatic rings. The molecular formula is C15H15ClFNOS. The zero-order chi connectivity index (χ0) is 14.7. The molecule has 0 fully saturated rings. The number of rotatable bonds is 5. The molecule has 0 aliphatic carbocycles. The summed E-state index contributed by atoms with van der Waals surface area (Å²) in [6.07, 6.45) is 0. The van der Waals surface area contributed by atoms with Crippen molar-refractivity contribution in [3.05, 3.63) is 57.0 Å². The van der Waals surface area contributed by atoms with Gasteiger partial charge in [-0.25, -0.2) is 4.39 Å². The Bertz CT molecular complexity index is 596. The largest absolute Gasteiger partial charge is 0.292 e. The van der Waals surface area contributed by atoms with Crippen molar-refractivity contribution in [1.82, 2.24) is 4.90 Å². The minimum atomic E-state index is -0.256. The third-order valence-corrected chi connectivity index (χ3v) is 4.45. The molecule has 1 heterocycles. The second kappa shape index (κ2) is 6.48. The van der Waals surface area contributed by atoms with E-state index >= 15 is 0 Å². The molecule has 5 heteroatoms. The van der Waals surface area contributed by atoms with Crippen LogP contribution in [0.1, 0.15) is 22.2 Å². The van der Waals surface area contributed by atoms with Gasteiger partial charge in [-0.3, -0.25) is 9.69 Å². The Kier molecular flexibility index (Phi) is 4.91. The number of carbonyl (C=O) groups excluding carboxylic acids is 1. The number of hydrogen-bond acceptors (Lipinski definition) is 3. The molecule has 0 aliphatic rings. The fourth-order valence-corrected chi connectivity index (χ4v) is 2.93. The molecular weight excluding hydrogens is 297 g/mol. The van der Waals surface area contributed by atoms with Gasteiger partial charge in [0.15, 0.2) is 5.78 Å². The Morgan fingerprint density at radius 3 is 2.50 bits per heavy atom. The maximum Gasteiger partial charge on any atom is 0.189 e. The lowest BCUT2D eigenvalue weighted by atomic mass is 10.1. The van der Waals surface area contributed by atoms with E-state index in [1.54, 1.807) is 24.3 Å². The molecule has 20 heavy (non-hydrogen) atoms. The lowest BCUT2D eigenvalue weighted by molar-refractivity contribution is 0.0866. The minimum Gasteiger partial charge on any atom is -0.292 e. The number of hydrogen-bond donors (Lipinski definition) is 0. The molecule has 0 amide bonds. The van der Waals surface area contributed by atoms with E-state index in [2.05, 4.69) is 0 Å². The van der Waals surface area contributed by atoms with Crippen molar-refractivity contribution in [1.29, 1.82) is 0 Å². The van der Waals surface area contributed by atoms with Gasteiger partial charge in [0.1, 0.15) is 5.82 Å². The number of ketones is 1. The lowest BCUT2D eigenvalue weighted by Gasteiger charge is -2.23. The molecule has 0 aliphatic heterocycles. The van der Waals surface area contributed by atoms with E-state index in [0.717, 1.165) is 5.56 Å². The quantitative estimate of drug-likeness (QED) is 0.770. The van der Waals surface area contributed by atoms with Crippen LogP contribution in [0.15, 0.2) is 36.4 Å². The molecule has 106 valence electrons. The summed E-state index contributed by atoms with van der Waals surface area (Å²) in [5.41, 5.74) is 0.970. The highest BCUT2D eigenvalue weighted by molar-refractivity contribution is 7.18. The normalized spacial score (nSPS) is 12.7. The summed E-state index contributed by atoms with van der Waals surface area (Å²) in [4.78, 5) is 14.9. The fourth-order valence-electron chi connectivity index (χ4n) is 1.87. The van der Waals surface area contributed by atoms with Crippen LogP contribution >= 0.6 is 22.9 Å². The van der Waals surface area contributed by atoms with Gasteiger partial charge < -0.3 is 0 Å². The third kappa shape index (κ3) is 3.66. The Labute approximate surface area is 126 Å². The van der Waals surface area contributed by atoms with Crippen molar-refractivity contribution in [2.45, 2.75) is 19.5 Å². The molecule has 2 nitrogen and oxygen atoms in total. The van der Waals surface area contributed by atoms with E-state index in [9.17, 15) is 9.18 Å². The number of benzene rings is 1. The molecule has 0 N–H and O–H groups in total. The molecule has 0 bridgehead atoms. The predicted molar refractivity (Wildman–Crippen MR) is 81.0 cm³/mol. The maximum atomic E-state index is 12.9. The third-order valence-electron chi connectivity index (χ3n) is 3.20. The van der Waals surface area contributed by atoms with Crippen molar-refractivity contribution in [2.75, 3.05) is 7.05 Å². The second-order valence-electron chi connectivity index (χ2n) is 4.69. The van der Waals surface area contributed by atoms with Crippen LogP contribution in [0.5, 0.6) is 0 Å². The topological polar surface area (TPSA) is 20.3 Å². The number of thiophene rings is 1. The summed E-state index contributed by atoms with van der Waals surface area (Å²) < 4.78 is 13.5. The van der Waals surface area contributed by atoms with Crippen LogP contribution in [-0.2, 0) is 6.54 Å². The predicted octanol–water partition coefficient (Wildman–Crippen LogP) is 4.24. The second-order valence-corrected chi connectivity index (χ2v) is 6.40. The molecule has 1 aromatic carbocycles. The molecule has 0 spiro atoms. The van der Waals surface area contributed by atoms with E-state index in [1.807, 2.05) is 18.9 Å². The van der Waals surface area contributed by atoms with Crippen LogP contribution in [0, 0.1) is 5.82 Å². The Hall–Kier alpha value is -1.23. The summed E-state index contributed by atoms with van der Waals surface area (Å²) in [5, 5.41) is 0. The highest BCUT2D eigenvalue weighted by Gasteiger charge is 2.21. The van der Waals surface area contributed by atoms with Gasteiger partial charge in [0.25, 0.3) is 0 Å². The molecule has 2 rings (SSSR count). The monoisotopic (exact) mass is 311 g/mol. The first-order chi connectivity index (χ1) is 9.47. The number of carbonyl (C=O) groups is 1. The number of likely N-dealkylation sites (N-methyl/N-ethyl adjacent to an activating group) is 1. The molecule has 1 atom stereocenters. The zero-order valence-corrected chi connectivity index (χ0v) is 12.8. The minimum absolute atomic E-state index is 0.0477. The van der Waals surface area contributed by atoms with Crippen LogP contribution in [-0.4, -0.2) is 23.8 Å². The van der Waals surface area contributed by atoms with E-state index < -0.39 is 0 Å². The highest BCUT2D eigenvalue weighted by Crippen LogP contribution is 2.23. The molecule has 1 unspecified atom stereocenters. The van der Waals surface area contributed by atoms with E-state index in [0.29, 0.717) is 15.8 Å². The van der Waals surface area contributed by atoms with E-state index in [1.165, 1.54) is 23.5 Å². The van der Waals surface area contributed by atoms with Crippen LogP contribution in [0.2, 0.25) is 4.34 Å². The molecule has 0 radical (unpaired) electrons. The number of nitrogens with zero attached hydrogens (tertiary/aromatic N) is 1. The first-order valence-electron chi connectivity index (χ1n) is 6.21. The summed E-state index contributed by atoms with van der Waals surface area (Å²) in [5.74, 6) is -0.208. The van der Waals surface area contributed by atoms with Gasteiger partial charge in [0.2, 0.25) is 0 Å². The van der Waals surface area contributed by atoms with Crippen molar-refractivity contribution >= 4 is 28.7 Å². The lowest BCUT2D eigenvalue weighted by Crippen LogP contribution is -2.35. The Balaban J connectivity index is 2.03. The summed E-state index contributed by atoms with van der Waals surface area (Å²) >= 11 is 7.14. The maximum absolute atomic E-state index is 12.9. The molecule has 0 saturated heterocycles. The number of Topliss-reactive ketones (excluding diaryl/α,β-unsaturated/α-hetero) is 1. The SMILES string of the molecule is CC(C(=O)c1ccc(Cl)s1)N(C)Cc1ccc(F)cc1. The summed E-state index contributed by atoms with van der Waals surface area (Å²) in [7, 11) is 1.88. The van der Waals surface area contributed by atoms with E-state index in [4.69, 9.17) is 11.6 Å². The van der Waals surface area contributed by atoms with Gasteiger partial charge in [0.05, 0.1) is 15.3 Å². The van der Waals surface area contributed by atoms with Gasteiger partial charge in [-0.1, -0.05) is 23.7 Å². The van der Waals surface area contributed by atoms with Gasteiger partial charge in [-0.15, -0.1) is 11.3 Å². The summed E-state index contributed by atoms with van der Waals surface area (Å²) in [6.45, 7) is 2.45. The summed E-state index contributed by atoms with van der Waals surface area (Å²) in [6, 6.07) is 9.53. The first kappa shape index (κ1) is 15.2. The average Bonchev–Trinajstić information content (AvgIpc) is 2.86. The number of halogens is 2. The molecule has 1 aromatic heterocycles. The van der Waals surface area contributed by atoms with Crippen molar-refractivity contribution in [3.63, 3.8) is 0 Å². The highest BCUT2D eigenvalue weighted by atomic mass is 35.5. The first-order valence-corrected chi connectivity index (χ1v) is 7.41. The smallest absolute Gasteiger partial charge is 0.189 e. The van der Waals surface area contributed by atoms with Crippen LogP contribution in [0.4, 0.5) is 4.39 Å². The van der Waals surface area contributed by atoms with Crippen LogP contribution in [0.25, 0.3) is 0 Å². The van der Waals surface area contributed by atoms with Crippen LogP contribution < -0.4 is 0 Å². The van der Waals surface area contributed by atoms with E-state index in [-0.39, 0.29) is 17.6 Å². The average molecular weight is 312 g/mol. The van der Waals surface area contributed by atoms with Crippen molar-refractivity contribution in [3.8, 4) is 0 Å². The fraction of sp³-hybridized carbons (Fsp3) is 0.267. The molecule has 0 saturated carbocycles. The van der Waals surface area contributed by atoms with Gasteiger partial charge in [-0.2, -0.15) is 0 Å². The van der Waals surface area contributed by atoms with Gasteiger partial charge >= 0.3 is 0 Å². The van der Waals surface area contributed by atoms with Gasteiger partial charge in [0, 0.05) is 6.54 Å². The van der Waals surface area contributed by atoms with Crippen molar-refractivity contribution < 1.29 is 9.18 Å². The standard InChI is InChI=1S/C15H15ClFNOS/c1-10(15(19)13-7-8-14(16)20-13)18(2)9-11-3-5-12(17)6-4-11/h3-8,10H,9H2,1-2H3. The Morgan fingerprint density at radius 2 is 1.95 bits per heavy atom. The van der Waals surface area contributed by atoms with Crippen LogP contribution in [0.3, 0.4) is 0 Å². The van der Waals surface area contributed by atoms with Crippen molar-refractivity contribution in [2.24, 2.45) is 0 Å². The Morgan fingerprint density at radius 1 is 1.30 bits per heavy atom.